The lowest BCUT2D eigenvalue weighted by Gasteiger charge is -2.38. The van der Waals surface area contributed by atoms with Gasteiger partial charge in [0.15, 0.2) is 9.84 Å². The van der Waals surface area contributed by atoms with Crippen molar-refractivity contribution in [1.29, 1.82) is 0 Å². The average molecular weight is 258 g/mol. The molecular formula is C11H14O5S. The summed E-state index contributed by atoms with van der Waals surface area (Å²) in [6.45, 7) is -0.350. The maximum atomic E-state index is 12.3. The summed E-state index contributed by atoms with van der Waals surface area (Å²) in [6.07, 6.45) is 0. The Labute approximate surface area is 99.9 Å². The molecule has 0 aliphatic carbocycles. The standard InChI is InChI=1S/C11H14O5S/c1-15-9-2-4-10(5-3-9)17(13,14)11(6-12)7-16-8-11/h2-5,12H,6-8H2,1H3. The van der Waals surface area contributed by atoms with Gasteiger partial charge in [0.25, 0.3) is 0 Å². The van der Waals surface area contributed by atoms with E-state index in [4.69, 9.17) is 9.47 Å². The molecule has 1 aromatic rings. The summed E-state index contributed by atoms with van der Waals surface area (Å²) in [7, 11) is -2.06. The van der Waals surface area contributed by atoms with Gasteiger partial charge < -0.3 is 14.6 Å². The largest absolute Gasteiger partial charge is 0.497 e. The molecule has 0 unspecified atom stereocenters. The first kappa shape index (κ1) is 12.3. The van der Waals surface area contributed by atoms with Gasteiger partial charge in [0, 0.05) is 0 Å². The van der Waals surface area contributed by atoms with E-state index in [1.165, 1.54) is 19.2 Å². The summed E-state index contributed by atoms with van der Waals surface area (Å²) < 4.78 is 33.3. The molecule has 5 nitrogen and oxygen atoms in total. The van der Waals surface area contributed by atoms with Crippen molar-refractivity contribution in [2.75, 3.05) is 26.9 Å². The number of benzene rings is 1. The maximum absolute atomic E-state index is 12.3. The quantitative estimate of drug-likeness (QED) is 0.837. The first-order valence-electron chi connectivity index (χ1n) is 5.13. The minimum atomic E-state index is -3.57. The highest BCUT2D eigenvalue weighted by Gasteiger charge is 2.50. The summed E-state index contributed by atoms with van der Waals surface area (Å²) in [5.74, 6) is 0.590. The van der Waals surface area contributed by atoms with Crippen LogP contribution in [0, 0.1) is 0 Å². The molecule has 17 heavy (non-hydrogen) atoms. The van der Waals surface area contributed by atoms with Crippen LogP contribution in [0.1, 0.15) is 0 Å². The van der Waals surface area contributed by atoms with Crippen LogP contribution in [0.15, 0.2) is 29.2 Å². The molecule has 1 aliphatic heterocycles. The van der Waals surface area contributed by atoms with Gasteiger partial charge in [0.2, 0.25) is 0 Å². The molecule has 0 radical (unpaired) electrons. The number of hydrogen-bond donors (Lipinski definition) is 1. The fourth-order valence-electron chi connectivity index (χ4n) is 1.67. The zero-order valence-corrected chi connectivity index (χ0v) is 10.2. The molecular weight excluding hydrogens is 244 g/mol. The van der Waals surface area contributed by atoms with Crippen molar-refractivity contribution < 1.29 is 23.0 Å². The van der Waals surface area contributed by atoms with E-state index >= 15 is 0 Å². The number of rotatable bonds is 4. The minimum absolute atomic E-state index is 0.0395. The highest BCUT2D eigenvalue weighted by molar-refractivity contribution is 7.93. The van der Waals surface area contributed by atoms with Gasteiger partial charge >= 0.3 is 0 Å². The molecule has 94 valence electrons. The normalized spacial score (nSPS) is 18.5. The smallest absolute Gasteiger partial charge is 0.190 e. The molecule has 0 amide bonds. The monoisotopic (exact) mass is 258 g/mol. The molecule has 1 aromatic carbocycles. The Morgan fingerprint density at radius 3 is 2.29 bits per heavy atom. The van der Waals surface area contributed by atoms with Crippen molar-refractivity contribution in [3.05, 3.63) is 24.3 Å². The van der Waals surface area contributed by atoms with E-state index in [0.29, 0.717) is 5.75 Å². The highest BCUT2D eigenvalue weighted by atomic mass is 32.2. The molecule has 1 heterocycles. The Bertz CT molecular complexity index is 482. The molecule has 1 N–H and O–H groups in total. The number of ether oxygens (including phenoxy) is 2. The molecule has 0 saturated carbocycles. The van der Waals surface area contributed by atoms with Crippen LogP contribution in [0.4, 0.5) is 0 Å². The van der Waals surface area contributed by atoms with Gasteiger partial charge in [0.1, 0.15) is 10.5 Å². The first-order valence-corrected chi connectivity index (χ1v) is 6.61. The second-order valence-electron chi connectivity index (χ2n) is 4.01. The SMILES string of the molecule is COc1ccc(S(=O)(=O)C2(CO)COC2)cc1. The third kappa shape index (κ3) is 1.82. The Morgan fingerprint density at radius 1 is 1.35 bits per heavy atom. The number of aliphatic hydroxyl groups excluding tert-OH is 1. The maximum Gasteiger partial charge on any atom is 0.190 e. The van der Waals surface area contributed by atoms with E-state index in [9.17, 15) is 13.5 Å². The molecule has 0 bridgehead atoms. The van der Waals surface area contributed by atoms with Crippen molar-refractivity contribution in [3.8, 4) is 5.75 Å². The van der Waals surface area contributed by atoms with Crippen LogP contribution >= 0.6 is 0 Å². The Balaban J connectivity index is 2.37. The van der Waals surface area contributed by atoms with E-state index in [-0.39, 0.29) is 18.1 Å². The summed E-state index contributed by atoms with van der Waals surface area (Å²) in [4.78, 5) is 0.177. The van der Waals surface area contributed by atoms with Crippen molar-refractivity contribution in [2.24, 2.45) is 0 Å². The molecule has 6 heteroatoms. The molecule has 0 spiro atoms. The predicted molar refractivity (Wildman–Crippen MR) is 60.8 cm³/mol. The summed E-state index contributed by atoms with van der Waals surface area (Å²) in [5.41, 5.74) is 0. The molecule has 0 atom stereocenters. The van der Waals surface area contributed by atoms with Crippen molar-refractivity contribution in [1.82, 2.24) is 0 Å². The molecule has 1 aliphatic rings. The summed E-state index contributed by atoms with van der Waals surface area (Å²) in [5, 5.41) is 9.25. The number of hydrogen-bond acceptors (Lipinski definition) is 5. The van der Waals surface area contributed by atoms with Crippen molar-refractivity contribution >= 4 is 9.84 Å². The highest BCUT2D eigenvalue weighted by Crippen LogP contribution is 2.32. The minimum Gasteiger partial charge on any atom is -0.497 e. The third-order valence-electron chi connectivity index (χ3n) is 2.96. The van der Waals surface area contributed by atoms with Crippen molar-refractivity contribution in [2.45, 2.75) is 9.64 Å². The molecule has 1 fully saturated rings. The molecule has 0 aromatic heterocycles. The van der Waals surface area contributed by atoms with Crippen LogP contribution < -0.4 is 4.74 Å². The van der Waals surface area contributed by atoms with Gasteiger partial charge in [-0.1, -0.05) is 0 Å². The van der Waals surface area contributed by atoms with E-state index in [1.54, 1.807) is 12.1 Å². The Morgan fingerprint density at radius 2 is 1.94 bits per heavy atom. The van der Waals surface area contributed by atoms with Gasteiger partial charge in [-0.3, -0.25) is 0 Å². The first-order chi connectivity index (χ1) is 8.05. The van der Waals surface area contributed by atoms with Crippen LogP contribution in [0.5, 0.6) is 5.75 Å². The lowest BCUT2D eigenvalue weighted by atomic mass is 10.1. The van der Waals surface area contributed by atoms with Crippen LogP contribution in [0.2, 0.25) is 0 Å². The average Bonchev–Trinajstić information content (AvgIpc) is 2.28. The van der Waals surface area contributed by atoms with E-state index in [1.807, 2.05) is 0 Å². The topological polar surface area (TPSA) is 72.8 Å². The lowest BCUT2D eigenvalue weighted by Crippen LogP contribution is -2.58. The summed E-state index contributed by atoms with van der Waals surface area (Å²) >= 11 is 0. The summed E-state index contributed by atoms with van der Waals surface area (Å²) in [6, 6.07) is 6.11. The third-order valence-corrected chi connectivity index (χ3v) is 5.36. The van der Waals surface area contributed by atoms with Crippen molar-refractivity contribution in [3.63, 3.8) is 0 Å². The number of sulfone groups is 1. The fourth-order valence-corrected chi connectivity index (χ4v) is 3.31. The van der Waals surface area contributed by atoms with E-state index < -0.39 is 21.2 Å². The van der Waals surface area contributed by atoms with Crippen LogP contribution in [-0.2, 0) is 14.6 Å². The lowest BCUT2D eigenvalue weighted by molar-refractivity contribution is -0.0367. The van der Waals surface area contributed by atoms with Crippen LogP contribution in [-0.4, -0.2) is 45.2 Å². The van der Waals surface area contributed by atoms with E-state index in [2.05, 4.69) is 0 Å². The number of methoxy groups -OCH3 is 1. The van der Waals surface area contributed by atoms with Gasteiger partial charge in [-0.05, 0) is 24.3 Å². The molecule has 1 saturated heterocycles. The number of aliphatic hydroxyl groups is 1. The zero-order chi connectivity index (χ0) is 12.5. The second-order valence-corrected chi connectivity index (χ2v) is 6.36. The zero-order valence-electron chi connectivity index (χ0n) is 9.42. The van der Waals surface area contributed by atoms with Gasteiger partial charge in [0.05, 0.1) is 31.8 Å². The molecule has 2 rings (SSSR count). The predicted octanol–water partition coefficient (Wildman–Crippen LogP) is 0.230. The van der Waals surface area contributed by atoms with Crippen LogP contribution in [0.3, 0.4) is 0 Å². The second kappa shape index (κ2) is 4.29. The fraction of sp³-hybridized carbons (Fsp3) is 0.455. The van der Waals surface area contributed by atoms with Gasteiger partial charge in [-0.15, -0.1) is 0 Å². The van der Waals surface area contributed by atoms with Gasteiger partial charge in [-0.25, -0.2) is 8.42 Å². The van der Waals surface area contributed by atoms with Crippen LogP contribution in [0.25, 0.3) is 0 Å². The Kier molecular flexibility index (Phi) is 3.11. The van der Waals surface area contributed by atoms with Gasteiger partial charge in [-0.2, -0.15) is 0 Å². The Hall–Kier alpha value is -1.11. The van der Waals surface area contributed by atoms with E-state index in [0.717, 1.165) is 0 Å².